The number of pyridine rings is 1. The Morgan fingerprint density at radius 2 is 1.81 bits per heavy atom. The zero-order valence-electron chi connectivity index (χ0n) is 21.0. The molecule has 5 rings (SSSR count). The van der Waals surface area contributed by atoms with Gasteiger partial charge in [-0.15, -0.1) is 0 Å². The van der Waals surface area contributed by atoms with Crippen molar-refractivity contribution in [3.8, 4) is 17.0 Å². The number of hydrogen-bond acceptors (Lipinski definition) is 5. The molecule has 0 saturated carbocycles. The second-order valence-electron chi connectivity index (χ2n) is 9.06. The van der Waals surface area contributed by atoms with Crippen molar-refractivity contribution in [3.63, 3.8) is 0 Å². The minimum Gasteiger partial charge on any atom is -0.497 e. The minimum atomic E-state index is 0.0181. The molecule has 0 bridgehead atoms. The highest BCUT2D eigenvalue weighted by molar-refractivity contribution is 5.93. The number of amides is 1. The highest BCUT2D eigenvalue weighted by atomic mass is 16.5. The number of ether oxygens (including phenoxy) is 1. The molecule has 0 N–H and O–H groups in total. The van der Waals surface area contributed by atoms with Crippen LogP contribution in [0.25, 0.3) is 17.3 Å². The van der Waals surface area contributed by atoms with Crippen LogP contribution in [0.15, 0.2) is 91.4 Å². The summed E-state index contributed by atoms with van der Waals surface area (Å²) in [5, 5.41) is 4.82. The van der Waals surface area contributed by atoms with Crippen molar-refractivity contribution < 1.29 is 9.53 Å². The number of anilines is 1. The average molecular weight is 494 g/mol. The van der Waals surface area contributed by atoms with E-state index < -0.39 is 0 Å². The van der Waals surface area contributed by atoms with E-state index in [2.05, 4.69) is 34.1 Å². The third-order valence-corrected chi connectivity index (χ3v) is 6.56. The molecule has 0 atom stereocenters. The second kappa shape index (κ2) is 11.6. The highest BCUT2D eigenvalue weighted by Gasteiger charge is 2.18. The summed E-state index contributed by atoms with van der Waals surface area (Å²) in [6.45, 7) is 3.78. The molecular weight excluding hydrogens is 462 g/mol. The largest absolute Gasteiger partial charge is 0.497 e. The van der Waals surface area contributed by atoms with Gasteiger partial charge in [0, 0.05) is 67.7 Å². The van der Waals surface area contributed by atoms with Crippen LogP contribution in [0, 0.1) is 0 Å². The molecule has 0 unspecified atom stereocenters. The van der Waals surface area contributed by atoms with Crippen molar-refractivity contribution in [2.75, 3.05) is 38.2 Å². The first kappa shape index (κ1) is 24.3. The summed E-state index contributed by atoms with van der Waals surface area (Å²) in [5.41, 5.74) is 4.95. The van der Waals surface area contributed by atoms with Crippen molar-refractivity contribution in [3.05, 3.63) is 103 Å². The number of benzene rings is 2. The lowest BCUT2D eigenvalue weighted by Gasteiger charge is -2.23. The van der Waals surface area contributed by atoms with E-state index in [0.717, 1.165) is 54.3 Å². The molecule has 7 heteroatoms. The monoisotopic (exact) mass is 493 g/mol. The number of hydrogen-bond donors (Lipinski definition) is 0. The van der Waals surface area contributed by atoms with Crippen molar-refractivity contribution in [1.82, 2.24) is 19.7 Å². The van der Waals surface area contributed by atoms with Crippen LogP contribution in [0.1, 0.15) is 17.5 Å². The van der Waals surface area contributed by atoms with Crippen LogP contribution in [0.4, 0.5) is 5.69 Å². The zero-order chi connectivity index (χ0) is 25.5. The maximum Gasteiger partial charge on any atom is 0.246 e. The van der Waals surface area contributed by atoms with Gasteiger partial charge in [-0.05, 0) is 54.5 Å². The maximum atomic E-state index is 13.2. The average Bonchev–Trinajstić information content (AvgIpc) is 3.18. The van der Waals surface area contributed by atoms with E-state index in [0.29, 0.717) is 13.1 Å². The van der Waals surface area contributed by atoms with Crippen LogP contribution in [0.3, 0.4) is 0 Å². The molecule has 1 aliphatic heterocycles. The third kappa shape index (κ3) is 6.06. The van der Waals surface area contributed by atoms with Gasteiger partial charge in [-0.1, -0.05) is 30.3 Å². The van der Waals surface area contributed by atoms with Crippen LogP contribution >= 0.6 is 0 Å². The van der Waals surface area contributed by atoms with Gasteiger partial charge in [0.1, 0.15) is 11.4 Å². The lowest BCUT2D eigenvalue weighted by atomic mass is 10.1. The number of aromatic nitrogens is 3. The molecule has 3 heterocycles. The van der Waals surface area contributed by atoms with Gasteiger partial charge < -0.3 is 14.5 Å². The molecule has 2 aromatic carbocycles. The van der Waals surface area contributed by atoms with Crippen molar-refractivity contribution in [1.29, 1.82) is 0 Å². The van der Waals surface area contributed by atoms with E-state index in [-0.39, 0.29) is 5.91 Å². The molecule has 4 aromatic rings. The summed E-state index contributed by atoms with van der Waals surface area (Å²) >= 11 is 0. The number of carbonyl (C=O) groups excluding carboxylic acids is 1. The Hall–Kier alpha value is -4.39. The minimum absolute atomic E-state index is 0.0181. The van der Waals surface area contributed by atoms with Crippen molar-refractivity contribution in [2.24, 2.45) is 0 Å². The van der Waals surface area contributed by atoms with E-state index in [1.54, 1.807) is 25.6 Å². The molecule has 2 aromatic heterocycles. The van der Waals surface area contributed by atoms with Gasteiger partial charge in [-0.2, -0.15) is 5.10 Å². The predicted molar refractivity (Wildman–Crippen MR) is 146 cm³/mol. The SMILES string of the molecule is COc1ccc(N2CCCN(C(=O)/C=C/c3cn(Cc4ccccc4)nc3-c3cccnc3)CC2)cc1. The van der Waals surface area contributed by atoms with Crippen LogP contribution in [-0.4, -0.2) is 58.9 Å². The highest BCUT2D eigenvalue weighted by Crippen LogP contribution is 2.24. The summed E-state index contributed by atoms with van der Waals surface area (Å²) in [5.74, 6) is 0.864. The predicted octanol–water partition coefficient (Wildman–Crippen LogP) is 4.75. The molecule has 1 amide bonds. The van der Waals surface area contributed by atoms with E-state index in [1.165, 1.54) is 5.56 Å². The molecule has 0 radical (unpaired) electrons. The first-order valence-corrected chi connectivity index (χ1v) is 12.6. The number of rotatable bonds is 7. The van der Waals surface area contributed by atoms with E-state index >= 15 is 0 Å². The number of methoxy groups -OCH3 is 1. The molecule has 37 heavy (non-hydrogen) atoms. The molecular formula is C30H31N5O2. The van der Waals surface area contributed by atoms with Crippen LogP contribution < -0.4 is 9.64 Å². The van der Waals surface area contributed by atoms with E-state index in [1.807, 2.05) is 64.3 Å². The van der Waals surface area contributed by atoms with Gasteiger partial charge in [0.15, 0.2) is 0 Å². The van der Waals surface area contributed by atoms with Crippen LogP contribution in [-0.2, 0) is 11.3 Å². The molecule has 188 valence electrons. The van der Waals surface area contributed by atoms with Gasteiger partial charge in [0.25, 0.3) is 0 Å². The topological polar surface area (TPSA) is 63.5 Å². The Morgan fingerprint density at radius 1 is 0.973 bits per heavy atom. The molecule has 1 saturated heterocycles. The molecule has 7 nitrogen and oxygen atoms in total. The summed E-state index contributed by atoms with van der Waals surface area (Å²) < 4.78 is 7.19. The molecule has 0 spiro atoms. The van der Waals surface area contributed by atoms with Gasteiger partial charge in [-0.3, -0.25) is 14.5 Å². The van der Waals surface area contributed by atoms with Crippen LogP contribution in [0.2, 0.25) is 0 Å². The number of carbonyl (C=O) groups is 1. The Labute approximate surface area is 217 Å². The first-order chi connectivity index (χ1) is 18.2. The summed E-state index contributed by atoms with van der Waals surface area (Å²) in [4.78, 5) is 21.7. The summed E-state index contributed by atoms with van der Waals surface area (Å²) in [6.07, 6.45) is 10.0. The summed E-state index contributed by atoms with van der Waals surface area (Å²) in [7, 11) is 1.67. The molecule has 0 aliphatic carbocycles. The summed E-state index contributed by atoms with van der Waals surface area (Å²) in [6, 6.07) is 22.2. The fourth-order valence-electron chi connectivity index (χ4n) is 4.59. The maximum absolute atomic E-state index is 13.2. The second-order valence-corrected chi connectivity index (χ2v) is 9.06. The smallest absolute Gasteiger partial charge is 0.246 e. The van der Waals surface area contributed by atoms with Gasteiger partial charge >= 0.3 is 0 Å². The van der Waals surface area contributed by atoms with E-state index in [9.17, 15) is 4.79 Å². The Bertz CT molecular complexity index is 1330. The van der Waals surface area contributed by atoms with Crippen molar-refractivity contribution >= 4 is 17.7 Å². The fraction of sp³-hybridized carbons (Fsp3) is 0.233. The van der Waals surface area contributed by atoms with Gasteiger partial charge in [0.05, 0.1) is 13.7 Å². The van der Waals surface area contributed by atoms with Crippen LogP contribution in [0.5, 0.6) is 5.75 Å². The quantitative estimate of drug-likeness (QED) is 0.348. The third-order valence-electron chi connectivity index (χ3n) is 6.56. The van der Waals surface area contributed by atoms with E-state index in [4.69, 9.17) is 9.84 Å². The lowest BCUT2D eigenvalue weighted by Crippen LogP contribution is -2.34. The van der Waals surface area contributed by atoms with Gasteiger partial charge in [-0.25, -0.2) is 0 Å². The molecule has 1 fully saturated rings. The standard InChI is InChI=1S/C30H31N5O2/c1-37-28-13-11-27(12-14-28)33-17-6-18-34(20-19-33)29(36)15-10-26-23-35(22-24-7-3-2-4-8-24)32-30(26)25-9-5-16-31-21-25/h2-5,7-16,21,23H,6,17-20,22H2,1H3/b15-10+. The Balaban J connectivity index is 1.30. The first-order valence-electron chi connectivity index (χ1n) is 12.6. The Morgan fingerprint density at radius 3 is 2.57 bits per heavy atom. The lowest BCUT2D eigenvalue weighted by molar-refractivity contribution is -0.125. The van der Waals surface area contributed by atoms with Gasteiger partial charge in [0.2, 0.25) is 5.91 Å². The Kier molecular flexibility index (Phi) is 7.60. The normalized spacial score (nSPS) is 14.1. The zero-order valence-corrected chi connectivity index (χ0v) is 21.0. The number of nitrogens with zero attached hydrogens (tertiary/aromatic N) is 5. The molecule has 1 aliphatic rings. The fourth-order valence-corrected chi connectivity index (χ4v) is 4.59. The van der Waals surface area contributed by atoms with Crippen molar-refractivity contribution in [2.45, 2.75) is 13.0 Å².